The van der Waals surface area contributed by atoms with Crippen molar-refractivity contribution in [1.82, 2.24) is 4.57 Å². The highest BCUT2D eigenvalue weighted by Gasteiger charge is 2.19. The summed E-state index contributed by atoms with van der Waals surface area (Å²) in [7, 11) is 4.01. The highest BCUT2D eigenvalue weighted by molar-refractivity contribution is 5.73. The lowest BCUT2D eigenvalue weighted by Gasteiger charge is -2.20. The van der Waals surface area contributed by atoms with E-state index in [-0.39, 0.29) is 0 Å². The van der Waals surface area contributed by atoms with E-state index in [1.165, 1.54) is 0 Å². The molecule has 26 heavy (non-hydrogen) atoms. The van der Waals surface area contributed by atoms with Crippen LogP contribution in [0.25, 0.3) is 11.0 Å². The van der Waals surface area contributed by atoms with Gasteiger partial charge in [-0.3, -0.25) is 0 Å². The molecule has 0 N–H and O–H groups in total. The van der Waals surface area contributed by atoms with Crippen LogP contribution in [-0.4, -0.2) is 17.7 Å². The molecule has 1 aromatic heterocycles. The second kappa shape index (κ2) is 7.40. The van der Waals surface area contributed by atoms with Gasteiger partial charge in [0.25, 0.3) is 0 Å². The molecular weight excluding hydrogens is 322 g/mol. The topological polar surface area (TPSA) is 36.8 Å². The molecule has 3 aromatic rings. The Hall–Kier alpha value is -3.13. The number of fused-ring (bicyclic) bond motifs is 1. The van der Waals surface area contributed by atoms with Crippen molar-refractivity contribution in [3.8, 4) is 12.3 Å². The van der Waals surface area contributed by atoms with Crippen LogP contribution in [0.5, 0.6) is 0 Å². The number of azo groups is 1. The first-order valence-corrected chi connectivity index (χ1v) is 8.71. The monoisotopic (exact) mass is 346 g/mol. The fourth-order valence-corrected chi connectivity index (χ4v) is 3.15. The summed E-state index contributed by atoms with van der Waals surface area (Å²) in [6.07, 6.45) is 5.45. The van der Waals surface area contributed by atoms with Gasteiger partial charge in [-0.1, -0.05) is 23.2 Å². The first-order valence-electron chi connectivity index (χ1n) is 8.71. The number of rotatable bonds is 5. The zero-order chi connectivity index (χ0) is 18.7. The Morgan fingerprint density at radius 2 is 1.96 bits per heavy atom. The lowest BCUT2D eigenvalue weighted by molar-refractivity contribution is -0.632. The van der Waals surface area contributed by atoms with E-state index in [1.54, 1.807) is 0 Å². The number of nitrogens with zero attached hydrogens (tertiary/aromatic N) is 5. The summed E-state index contributed by atoms with van der Waals surface area (Å²) in [5, 5.41) is 9.00. The number of aromatic nitrogens is 2. The first kappa shape index (κ1) is 17.7. The molecule has 1 heterocycles. The van der Waals surface area contributed by atoms with Gasteiger partial charge < -0.3 is 4.90 Å². The maximum atomic E-state index is 5.45. The van der Waals surface area contributed by atoms with Crippen LogP contribution < -0.4 is 9.47 Å². The van der Waals surface area contributed by atoms with Crippen LogP contribution in [0.2, 0.25) is 0 Å². The Morgan fingerprint density at radius 1 is 1.19 bits per heavy atom. The number of para-hydroxylation sites is 2. The second-order valence-corrected chi connectivity index (χ2v) is 6.30. The van der Waals surface area contributed by atoms with Crippen LogP contribution in [0.4, 0.5) is 17.3 Å². The molecule has 0 fully saturated rings. The number of anilines is 1. The SMILES string of the molecule is C#CCN(CC)c1ccc(/N=N/c2n(C)c3ccccc3[n+]2C)c(C)c1. The van der Waals surface area contributed by atoms with E-state index >= 15 is 0 Å². The van der Waals surface area contributed by atoms with E-state index in [9.17, 15) is 0 Å². The molecule has 0 aliphatic carbocycles. The summed E-state index contributed by atoms with van der Waals surface area (Å²) in [6, 6.07) is 14.4. The van der Waals surface area contributed by atoms with Crippen molar-refractivity contribution >= 4 is 28.4 Å². The molecule has 3 rings (SSSR count). The minimum absolute atomic E-state index is 0.600. The summed E-state index contributed by atoms with van der Waals surface area (Å²) in [5.41, 5.74) is 5.30. The Balaban J connectivity index is 1.93. The summed E-state index contributed by atoms with van der Waals surface area (Å²) in [6.45, 7) is 5.61. The van der Waals surface area contributed by atoms with Crippen molar-refractivity contribution < 1.29 is 4.57 Å². The van der Waals surface area contributed by atoms with E-state index in [1.807, 2.05) is 54.4 Å². The van der Waals surface area contributed by atoms with Gasteiger partial charge in [-0.25, -0.2) is 9.13 Å². The smallest absolute Gasteiger partial charge is 0.361 e. The highest BCUT2D eigenvalue weighted by Crippen LogP contribution is 2.27. The zero-order valence-corrected chi connectivity index (χ0v) is 15.8. The minimum Gasteiger partial charge on any atom is -0.361 e. The Morgan fingerprint density at radius 3 is 2.62 bits per heavy atom. The third-order valence-electron chi connectivity index (χ3n) is 4.66. The van der Waals surface area contributed by atoms with Crippen LogP contribution in [0.3, 0.4) is 0 Å². The third kappa shape index (κ3) is 3.18. The molecule has 0 radical (unpaired) electrons. The molecule has 0 aliphatic rings. The molecule has 0 spiro atoms. The highest BCUT2D eigenvalue weighted by atomic mass is 15.3. The molecule has 0 aliphatic heterocycles. The number of aryl methyl sites for hydroxylation is 3. The fourth-order valence-electron chi connectivity index (χ4n) is 3.15. The average molecular weight is 346 g/mol. The standard InChI is InChI=1S/C21H24N5/c1-6-14-26(7-2)17-12-13-18(16(3)15-17)22-23-21-24(4)19-10-8-9-11-20(19)25(21)5/h1,8-13,15H,7,14H2,2-5H3/q+1. The summed E-state index contributed by atoms with van der Waals surface area (Å²) in [4.78, 5) is 2.15. The maximum Gasteiger partial charge on any atom is 0.422 e. The van der Waals surface area contributed by atoms with Gasteiger partial charge in [-0.2, -0.15) is 0 Å². The van der Waals surface area contributed by atoms with Crippen molar-refractivity contribution in [3.63, 3.8) is 0 Å². The molecule has 0 bridgehead atoms. The number of hydrogen-bond donors (Lipinski definition) is 0. The van der Waals surface area contributed by atoms with E-state index in [4.69, 9.17) is 6.42 Å². The van der Waals surface area contributed by atoms with Crippen LogP contribution in [-0.2, 0) is 14.1 Å². The van der Waals surface area contributed by atoms with Gasteiger partial charge in [-0.15, -0.1) is 6.42 Å². The van der Waals surface area contributed by atoms with E-state index < -0.39 is 0 Å². The van der Waals surface area contributed by atoms with Gasteiger partial charge in [0.05, 0.1) is 20.6 Å². The van der Waals surface area contributed by atoms with Crippen LogP contribution in [0, 0.1) is 19.3 Å². The van der Waals surface area contributed by atoms with Gasteiger partial charge in [0.1, 0.15) is 16.7 Å². The summed E-state index contributed by atoms with van der Waals surface area (Å²) >= 11 is 0. The normalized spacial score (nSPS) is 11.2. The molecule has 0 amide bonds. The average Bonchev–Trinajstić information content (AvgIpc) is 2.90. The number of hydrogen-bond acceptors (Lipinski definition) is 3. The fraction of sp³-hybridized carbons (Fsp3) is 0.286. The van der Waals surface area contributed by atoms with Crippen LogP contribution in [0.15, 0.2) is 52.7 Å². The molecule has 132 valence electrons. The van der Waals surface area contributed by atoms with Crippen molar-refractivity contribution in [2.45, 2.75) is 13.8 Å². The van der Waals surface area contributed by atoms with Crippen molar-refractivity contribution in [2.75, 3.05) is 18.0 Å². The van der Waals surface area contributed by atoms with Gasteiger partial charge in [0, 0.05) is 17.3 Å². The Kier molecular flexibility index (Phi) is 5.04. The zero-order valence-electron chi connectivity index (χ0n) is 15.8. The predicted octanol–water partition coefficient (Wildman–Crippen LogP) is 4.19. The summed E-state index contributed by atoms with van der Waals surface area (Å²) < 4.78 is 4.10. The van der Waals surface area contributed by atoms with Crippen molar-refractivity contribution in [2.24, 2.45) is 24.3 Å². The Bertz CT molecular complexity index is 968. The number of terminal acetylenes is 1. The van der Waals surface area contributed by atoms with Gasteiger partial charge >= 0.3 is 5.95 Å². The molecule has 0 unspecified atom stereocenters. The lowest BCUT2D eigenvalue weighted by Crippen LogP contribution is -2.26. The third-order valence-corrected chi connectivity index (χ3v) is 4.66. The molecule has 0 saturated carbocycles. The number of imidazole rings is 1. The molecule has 0 saturated heterocycles. The van der Waals surface area contributed by atoms with E-state index in [2.05, 4.69) is 46.2 Å². The molecule has 0 atom stereocenters. The predicted molar refractivity (Wildman–Crippen MR) is 106 cm³/mol. The molecule has 2 aromatic carbocycles. The minimum atomic E-state index is 0.600. The lowest BCUT2D eigenvalue weighted by atomic mass is 10.1. The maximum absolute atomic E-state index is 5.45. The van der Waals surface area contributed by atoms with Crippen molar-refractivity contribution in [1.29, 1.82) is 0 Å². The summed E-state index contributed by atoms with van der Waals surface area (Å²) in [5.74, 6) is 3.50. The van der Waals surface area contributed by atoms with Gasteiger partial charge in [0.15, 0.2) is 0 Å². The van der Waals surface area contributed by atoms with Gasteiger partial charge in [0.2, 0.25) is 0 Å². The van der Waals surface area contributed by atoms with E-state index in [0.29, 0.717) is 6.54 Å². The Labute approximate surface area is 154 Å². The van der Waals surface area contributed by atoms with E-state index in [0.717, 1.165) is 40.5 Å². The quantitative estimate of drug-likeness (QED) is 0.388. The largest absolute Gasteiger partial charge is 0.422 e. The van der Waals surface area contributed by atoms with Crippen LogP contribution >= 0.6 is 0 Å². The van der Waals surface area contributed by atoms with Crippen LogP contribution in [0.1, 0.15) is 12.5 Å². The van der Waals surface area contributed by atoms with Gasteiger partial charge in [-0.05, 0) is 49.7 Å². The molecule has 5 heteroatoms. The molecule has 5 nitrogen and oxygen atoms in total. The molecular formula is C21H24N5+. The number of benzene rings is 2. The first-order chi connectivity index (χ1) is 12.6. The van der Waals surface area contributed by atoms with Crippen molar-refractivity contribution in [3.05, 3.63) is 48.0 Å². The second-order valence-electron chi connectivity index (χ2n) is 6.30.